The van der Waals surface area contributed by atoms with Crippen molar-refractivity contribution in [3.63, 3.8) is 0 Å². The van der Waals surface area contributed by atoms with E-state index in [-0.39, 0.29) is 0 Å². The quantitative estimate of drug-likeness (QED) is 0.649. The molecule has 0 radical (unpaired) electrons. The maximum absolute atomic E-state index is 4.48. The molecule has 0 saturated carbocycles. The van der Waals surface area contributed by atoms with E-state index in [1.807, 2.05) is 6.33 Å². The Morgan fingerprint density at radius 1 is 1.54 bits per heavy atom. The van der Waals surface area contributed by atoms with Crippen LogP contribution < -0.4 is 0 Å². The van der Waals surface area contributed by atoms with Gasteiger partial charge in [0.25, 0.3) is 0 Å². The van der Waals surface area contributed by atoms with Gasteiger partial charge < -0.3 is 9.47 Å². The molecule has 0 amide bonds. The predicted octanol–water partition coefficient (Wildman–Crippen LogP) is 1.36. The third kappa shape index (κ3) is 1.37. The first-order valence-corrected chi connectivity index (χ1v) is 4.86. The van der Waals surface area contributed by atoms with Crippen LogP contribution in [0.2, 0.25) is 0 Å². The lowest BCUT2D eigenvalue weighted by atomic mass is 9.95. The standard InChI is InChI=1S/C10H17N3/c1-12(2)8-5-4-6-9-10(8)11-7-13(9)3/h7-8H,4-6H2,1-3H3. The zero-order chi connectivity index (χ0) is 9.42. The first kappa shape index (κ1) is 8.75. The van der Waals surface area contributed by atoms with Crippen molar-refractivity contribution >= 4 is 0 Å². The Bertz CT molecular complexity index is 301. The van der Waals surface area contributed by atoms with E-state index < -0.39 is 0 Å². The van der Waals surface area contributed by atoms with Gasteiger partial charge in [0.1, 0.15) is 0 Å². The van der Waals surface area contributed by atoms with Crippen molar-refractivity contribution in [1.29, 1.82) is 0 Å². The van der Waals surface area contributed by atoms with Gasteiger partial charge in [0.05, 0.1) is 18.1 Å². The van der Waals surface area contributed by atoms with E-state index in [0.717, 1.165) is 0 Å². The number of hydrogen-bond acceptors (Lipinski definition) is 2. The summed E-state index contributed by atoms with van der Waals surface area (Å²) < 4.78 is 2.16. The number of imidazole rings is 1. The molecule has 0 aliphatic heterocycles. The number of fused-ring (bicyclic) bond motifs is 1. The zero-order valence-electron chi connectivity index (χ0n) is 8.62. The van der Waals surface area contributed by atoms with Crippen LogP contribution in [-0.2, 0) is 13.5 Å². The van der Waals surface area contributed by atoms with E-state index in [1.54, 1.807) is 0 Å². The molecule has 0 bridgehead atoms. The largest absolute Gasteiger partial charge is 0.337 e. The third-order valence-electron chi connectivity index (χ3n) is 2.92. The lowest BCUT2D eigenvalue weighted by Gasteiger charge is -2.27. The molecule has 0 saturated heterocycles. The van der Waals surface area contributed by atoms with E-state index in [4.69, 9.17) is 0 Å². The molecule has 3 nitrogen and oxygen atoms in total. The second kappa shape index (κ2) is 3.14. The molecule has 0 spiro atoms. The molecule has 0 N–H and O–H groups in total. The number of aromatic nitrogens is 2. The Kier molecular flexibility index (Phi) is 2.12. The summed E-state index contributed by atoms with van der Waals surface area (Å²) in [5, 5.41) is 0. The number of hydrogen-bond donors (Lipinski definition) is 0. The average Bonchev–Trinajstić information content (AvgIpc) is 2.48. The number of nitrogens with zero attached hydrogens (tertiary/aromatic N) is 3. The average molecular weight is 179 g/mol. The van der Waals surface area contributed by atoms with Crippen molar-refractivity contribution < 1.29 is 0 Å². The monoisotopic (exact) mass is 179 g/mol. The summed E-state index contributed by atoms with van der Waals surface area (Å²) in [4.78, 5) is 6.75. The SMILES string of the molecule is CN(C)C1CCCc2c1ncn2C. The summed E-state index contributed by atoms with van der Waals surface area (Å²) in [6.45, 7) is 0. The van der Waals surface area contributed by atoms with Crippen LogP contribution in [0, 0.1) is 0 Å². The molecule has 1 atom stereocenters. The van der Waals surface area contributed by atoms with Gasteiger partial charge in [-0.1, -0.05) is 0 Å². The Labute approximate surface area is 79.4 Å². The highest BCUT2D eigenvalue weighted by atomic mass is 15.1. The highest BCUT2D eigenvalue weighted by Gasteiger charge is 2.25. The molecule has 2 rings (SSSR count). The molecular weight excluding hydrogens is 162 g/mol. The molecule has 1 aliphatic carbocycles. The molecule has 1 aromatic rings. The van der Waals surface area contributed by atoms with Gasteiger partial charge in [-0.05, 0) is 33.4 Å². The second-order valence-corrected chi connectivity index (χ2v) is 4.06. The number of rotatable bonds is 1. The molecule has 0 aromatic carbocycles. The van der Waals surface area contributed by atoms with Crippen LogP contribution in [-0.4, -0.2) is 28.5 Å². The summed E-state index contributed by atoms with van der Waals surface area (Å²) in [7, 11) is 6.35. The van der Waals surface area contributed by atoms with Crippen molar-refractivity contribution in [2.75, 3.05) is 14.1 Å². The normalized spacial score (nSPS) is 22.0. The minimum absolute atomic E-state index is 0.532. The van der Waals surface area contributed by atoms with Crippen LogP contribution in [0.4, 0.5) is 0 Å². The van der Waals surface area contributed by atoms with Crippen LogP contribution in [0.25, 0.3) is 0 Å². The number of aryl methyl sites for hydroxylation is 1. The van der Waals surface area contributed by atoms with Crippen molar-refractivity contribution in [2.24, 2.45) is 7.05 Å². The summed E-state index contributed by atoms with van der Waals surface area (Å²) in [6, 6.07) is 0.532. The lowest BCUT2D eigenvalue weighted by Crippen LogP contribution is -2.24. The van der Waals surface area contributed by atoms with Crippen molar-refractivity contribution in [1.82, 2.24) is 14.5 Å². The van der Waals surface area contributed by atoms with Crippen LogP contribution in [0.3, 0.4) is 0 Å². The van der Waals surface area contributed by atoms with Crippen LogP contribution >= 0.6 is 0 Å². The Balaban J connectivity index is 2.38. The molecule has 13 heavy (non-hydrogen) atoms. The predicted molar refractivity (Wildman–Crippen MR) is 52.6 cm³/mol. The van der Waals surface area contributed by atoms with Crippen LogP contribution in [0.5, 0.6) is 0 Å². The maximum atomic E-state index is 4.48. The maximum Gasteiger partial charge on any atom is 0.0949 e. The van der Waals surface area contributed by atoms with Gasteiger partial charge in [0.2, 0.25) is 0 Å². The fourth-order valence-electron chi connectivity index (χ4n) is 2.16. The zero-order valence-corrected chi connectivity index (χ0v) is 8.62. The topological polar surface area (TPSA) is 21.1 Å². The van der Waals surface area contributed by atoms with E-state index >= 15 is 0 Å². The highest BCUT2D eigenvalue weighted by Crippen LogP contribution is 2.31. The van der Waals surface area contributed by atoms with Gasteiger partial charge in [-0.25, -0.2) is 4.98 Å². The Morgan fingerprint density at radius 3 is 3.00 bits per heavy atom. The van der Waals surface area contributed by atoms with Crippen molar-refractivity contribution in [2.45, 2.75) is 25.3 Å². The van der Waals surface area contributed by atoms with Gasteiger partial charge in [0.15, 0.2) is 0 Å². The first-order chi connectivity index (χ1) is 6.20. The van der Waals surface area contributed by atoms with E-state index in [0.29, 0.717) is 6.04 Å². The fraction of sp³-hybridized carbons (Fsp3) is 0.700. The Morgan fingerprint density at radius 2 is 2.31 bits per heavy atom. The summed E-state index contributed by atoms with van der Waals surface area (Å²) in [5.74, 6) is 0. The molecule has 0 fully saturated rings. The van der Waals surface area contributed by atoms with Gasteiger partial charge >= 0.3 is 0 Å². The summed E-state index contributed by atoms with van der Waals surface area (Å²) in [5.41, 5.74) is 2.71. The second-order valence-electron chi connectivity index (χ2n) is 4.06. The summed E-state index contributed by atoms with van der Waals surface area (Å²) in [6.07, 6.45) is 5.66. The lowest BCUT2D eigenvalue weighted by molar-refractivity contribution is 0.262. The first-order valence-electron chi connectivity index (χ1n) is 4.86. The molecule has 1 aliphatic rings. The highest BCUT2D eigenvalue weighted by molar-refractivity contribution is 5.20. The van der Waals surface area contributed by atoms with E-state index in [2.05, 4.69) is 35.6 Å². The van der Waals surface area contributed by atoms with E-state index in [1.165, 1.54) is 30.7 Å². The molecule has 1 unspecified atom stereocenters. The molecule has 72 valence electrons. The van der Waals surface area contributed by atoms with Gasteiger partial charge in [-0.3, -0.25) is 0 Å². The molecular formula is C10H17N3. The summed E-state index contributed by atoms with van der Waals surface area (Å²) >= 11 is 0. The van der Waals surface area contributed by atoms with Crippen molar-refractivity contribution in [3.05, 3.63) is 17.7 Å². The minimum atomic E-state index is 0.532. The Hall–Kier alpha value is -0.830. The third-order valence-corrected chi connectivity index (χ3v) is 2.92. The van der Waals surface area contributed by atoms with Gasteiger partial charge in [0, 0.05) is 12.7 Å². The molecule has 3 heteroatoms. The van der Waals surface area contributed by atoms with Crippen LogP contribution in [0.1, 0.15) is 30.3 Å². The van der Waals surface area contributed by atoms with E-state index in [9.17, 15) is 0 Å². The smallest absolute Gasteiger partial charge is 0.0949 e. The molecule has 1 heterocycles. The van der Waals surface area contributed by atoms with Crippen molar-refractivity contribution in [3.8, 4) is 0 Å². The molecule has 1 aromatic heterocycles. The van der Waals surface area contributed by atoms with Gasteiger partial charge in [-0.15, -0.1) is 0 Å². The fourth-order valence-corrected chi connectivity index (χ4v) is 2.16. The van der Waals surface area contributed by atoms with Gasteiger partial charge in [-0.2, -0.15) is 0 Å². The minimum Gasteiger partial charge on any atom is -0.337 e. The van der Waals surface area contributed by atoms with Crippen LogP contribution in [0.15, 0.2) is 6.33 Å².